The fourth-order valence-electron chi connectivity index (χ4n) is 2.74. The maximum absolute atomic E-state index is 12.0. The maximum atomic E-state index is 12.0. The van der Waals surface area contributed by atoms with Gasteiger partial charge in [0.05, 0.1) is 6.04 Å². The van der Waals surface area contributed by atoms with Crippen molar-refractivity contribution < 1.29 is 4.79 Å². The summed E-state index contributed by atoms with van der Waals surface area (Å²) in [7, 11) is 0. The van der Waals surface area contributed by atoms with Crippen LogP contribution < -0.4 is 5.32 Å². The van der Waals surface area contributed by atoms with Gasteiger partial charge < -0.3 is 10.2 Å². The molecule has 2 fully saturated rings. The van der Waals surface area contributed by atoms with E-state index in [1.54, 1.807) is 0 Å². The second kappa shape index (κ2) is 4.35. The van der Waals surface area contributed by atoms with Crippen molar-refractivity contribution >= 4 is 5.91 Å². The quantitative estimate of drug-likeness (QED) is 0.709. The maximum Gasteiger partial charge on any atom is 0.239 e. The van der Waals surface area contributed by atoms with E-state index in [9.17, 15) is 4.79 Å². The summed E-state index contributed by atoms with van der Waals surface area (Å²) in [6.07, 6.45) is 6.37. The highest BCUT2D eigenvalue weighted by Crippen LogP contribution is 2.29. The summed E-state index contributed by atoms with van der Waals surface area (Å²) in [6.45, 7) is 6.67. The van der Waals surface area contributed by atoms with E-state index < -0.39 is 0 Å². The molecule has 1 N–H and O–H groups in total. The van der Waals surface area contributed by atoms with Gasteiger partial charge in [0, 0.05) is 18.6 Å². The average Bonchev–Trinajstić information content (AvgIpc) is 2.64. The van der Waals surface area contributed by atoms with Gasteiger partial charge in [0.2, 0.25) is 5.91 Å². The number of carbonyl (C=O) groups is 1. The summed E-state index contributed by atoms with van der Waals surface area (Å²) < 4.78 is 0. The highest BCUT2D eigenvalue weighted by atomic mass is 16.2. The zero-order valence-electron chi connectivity index (χ0n) is 9.41. The predicted molar refractivity (Wildman–Crippen MR) is 60.6 cm³/mol. The molecule has 0 unspecified atom stereocenters. The topological polar surface area (TPSA) is 32.3 Å². The Morgan fingerprint density at radius 2 is 2.40 bits per heavy atom. The van der Waals surface area contributed by atoms with Gasteiger partial charge in [-0.2, -0.15) is 0 Å². The predicted octanol–water partition coefficient (Wildman–Crippen LogP) is 1.30. The molecule has 2 rings (SSSR count). The van der Waals surface area contributed by atoms with Crippen molar-refractivity contribution in [3.63, 3.8) is 0 Å². The van der Waals surface area contributed by atoms with Gasteiger partial charge in [-0.1, -0.05) is 6.08 Å². The highest BCUT2D eigenvalue weighted by Gasteiger charge is 2.40. The van der Waals surface area contributed by atoms with Gasteiger partial charge in [-0.25, -0.2) is 0 Å². The third-order valence-corrected chi connectivity index (χ3v) is 3.61. The van der Waals surface area contributed by atoms with Gasteiger partial charge in [0.15, 0.2) is 0 Å². The van der Waals surface area contributed by atoms with Crippen molar-refractivity contribution in [2.45, 2.75) is 50.7 Å². The summed E-state index contributed by atoms with van der Waals surface area (Å²) >= 11 is 0. The molecule has 0 saturated carbocycles. The molecule has 3 nitrogen and oxygen atoms in total. The van der Waals surface area contributed by atoms with Gasteiger partial charge in [-0.3, -0.25) is 4.79 Å². The van der Waals surface area contributed by atoms with Gasteiger partial charge in [-0.15, -0.1) is 6.58 Å². The molecule has 2 heterocycles. The van der Waals surface area contributed by atoms with Crippen LogP contribution in [0.5, 0.6) is 0 Å². The van der Waals surface area contributed by atoms with E-state index in [1.807, 2.05) is 13.0 Å². The Kier molecular flexibility index (Phi) is 3.10. The van der Waals surface area contributed by atoms with Crippen LogP contribution >= 0.6 is 0 Å². The number of piperazine rings is 1. The molecule has 0 spiro atoms. The molecule has 0 aromatic carbocycles. The van der Waals surface area contributed by atoms with Crippen LogP contribution in [0, 0.1) is 0 Å². The van der Waals surface area contributed by atoms with E-state index in [0.29, 0.717) is 12.1 Å². The van der Waals surface area contributed by atoms with Crippen LogP contribution in [0.3, 0.4) is 0 Å². The molecule has 2 aliphatic rings. The second-order valence-electron chi connectivity index (χ2n) is 4.63. The van der Waals surface area contributed by atoms with E-state index >= 15 is 0 Å². The monoisotopic (exact) mass is 208 g/mol. The third-order valence-electron chi connectivity index (χ3n) is 3.61. The van der Waals surface area contributed by atoms with Crippen LogP contribution in [0.4, 0.5) is 0 Å². The van der Waals surface area contributed by atoms with E-state index in [1.165, 1.54) is 6.42 Å². The molecule has 15 heavy (non-hydrogen) atoms. The van der Waals surface area contributed by atoms with E-state index in [4.69, 9.17) is 0 Å². The van der Waals surface area contributed by atoms with E-state index in [2.05, 4.69) is 16.8 Å². The first-order valence-corrected chi connectivity index (χ1v) is 5.90. The molecule has 2 aliphatic heterocycles. The molecule has 84 valence electrons. The highest BCUT2D eigenvalue weighted by molar-refractivity contribution is 5.83. The van der Waals surface area contributed by atoms with Crippen LogP contribution in [0.25, 0.3) is 0 Å². The smallest absolute Gasteiger partial charge is 0.239 e. The molecule has 0 aromatic rings. The number of rotatable bonds is 3. The van der Waals surface area contributed by atoms with Crippen LogP contribution in [-0.4, -0.2) is 35.5 Å². The molecular formula is C12H20N2O. The van der Waals surface area contributed by atoms with Crippen molar-refractivity contribution in [1.82, 2.24) is 10.2 Å². The lowest BCUT2D eigenvalue weighted by molar-refractivity contribution is -0.138. The third kappa shape index (κ3) is 1.93. The minimum Gasteiger partial charge on any atom is -0.334 e. The number of hydrogen-bond donors (Lipinski definition) is 1. The van der Waals surface area contributed by atoms with Crippen LogP contribution in [0.2, 0.25) is 0 Å². The van der Waals surface area contributed by atoms with Crippen LogP contribution in [0.15, 0.2) is 12.7 Å². The SMILES string of the molecule is C=CCC[C@H]1CC[C@H]2CN[C@@H](C)C(=O)N12. The van der Waals surface area contributed by atoms with Gasteiger partial charge >= 0.3 is 0 Å². The molecule has 2 saturated heterocycles. The summed E-state index contributed by atoms with van der Waals surface area (Å²) in [5.74, 6) is 0.290. The van der Waals surface area contributed by atoms with Crippen LogP contribution in [-0.2, 0) is 4.79 Å². The zero-order chi connectivity index (χ0) is 10.8. The zero-order valence-corrected chi connectivity index (χ0v) is 9.41. The Morgan fingerprint density at radius 3 is 3.13 bits per heavy atom. The molecule has 0 bridgehead atoms. The molecule has 1 amide bonds. The van der Waals surface area contributed by atoms with Crippen molar-refractivity contribution in [2.24, 2.45) is 0 Å². The fraction of sp³-hybridized carbons (Fsp3) is 0.750. The van der Waals surface area contributed by atoms with Gasteiger partial charge in [-0.05, 0) is 32.6 Å². The van der Waals surface area contributed by atoms with Gasteiger partial charge in [0.1, 0.15) is 0 Å². The normalized spacial score (nSPS) is 35.4. The molecule has 3 heteroatoms. The second-order valence-corrected chi connectivity index (χ2v) is 4.63. The first kappa shape index (κ1) is 10.7. The number of carbonyl (C=O) groups excluding carboxylic acids is 1. The van der Waals surface area contributed by atoms with Crippen LogP contribution in [0.1, 0.15) is 32.6 Å². The Morgan fingerprint density at radius 1 is 1.60 bits per heavy atom. The number of nitrogens with one attached hydrogen (secondary N) is 1. The number of hydrogen-bond acceptors (Lipinski definition) is 2. The first-order chi connectivity index (χ1) is 7.24. The first-order valence-electron chi connectivity index (χ1n) is 5.90. The average molecular weight is 208 g/mol. The molecule has 0 aromatic heterocycles. The minimum atomic E-state index is 0.00517. The van der Waals surface area contributed by atoms with Gasteiger partial charge in [0.25, 0.3) is 0 Å². The summed E-state index contributed by atoms with van der Waals surface area (Å²) in [5.41, 5.74) is 0. The Balaban J connectivity index is 2.03. The molecule has 0 aliphatic carbocycles. The van der Waals surface area contributed by atoms with Crippen molar-refractivity contribution in [1.29, 1.82) is 0 Å². The molecule has 0 radical (unpaired) electrons. The summed E-state index contributed by atoms with van der Waals surface area (Å²) in [6, 6.07) is 0.916. The lowest BCUT2D eigenvalue weighted by Gasteiger charge is -2.37. The Labute approximate surface area is 91.5 Å². The van der Waals surface area contributed by atoms with Crippen molar-refractivity contribution in [2.75, 3.05) is 6.54 Å². The number of nitrogens with zero attached hydrogens (tertiary/aromatic N) is 1. The van der Waals surface area contributed by atoms with Crippen molar-refractivity contribution in [3.05, 3.63) is 12.7 Å². The fourth-order valence-corrected chi connectivity index (χ4v) is 2.74. The number of allylic oxidation sites excluding steroid dienone is 1. The summed E-state index contributed by atoms with van der Waals surface area (Å²) in [4.78, 5) is 14.1. The largest absolute Gasteiger partial charge is 0.334 e. The Bertz CT molecular complexity index is 264. The lowest BCUT2D eigenvalue weighted by atomic mass is 10.1. The Hall–Kier alpha value is -0.830. The molecular weight excluding hydrogens is 188 g/mol. The van der Waals surface area contributed by atoms with Crippen molar-refractivity contribution in [3.8, 4) is 0 Å². The summed E-state index contributed by atoms with van der Waals surface area (Å²) in [5, 5.41) is 3.27. The minimum absolute atomic E-state index is 0.00517. The number of fused-ring (bicyclic) bond motifs is 1. The lowest BCUT2D eigenvalue weighted by Crippen LogP contribution is -2.58. The van der Waals surface area contributed by atoms with E-state index in [0.717, 1.165) is 25.8 Å². The molecule has 3 atom stereocenters. The standard InChI is InChI=1S/C12H20N2O/c1-3-4-5-10-6-7-11-8-13-9(2)12(15)14(10)11/h3,9-11,13H,1,4-8H2,2H3/t9-,10-,11-/m0/s1. The van der Waals surface area contributed by atoms with E-state index in [-0.39, 0.29) is 11.9 Å². The number of amides is 1.